The minimum absolute atomic E-state index is 0.749. The third-order valence-electron chi connectivity index (χ3n) is 2.36. The van der Waals surface area contributed by atoms with Gasteiger partial charge in [0, 0.05) is 0 Å². The van der Waals surface area contributed by atoms with Gasteiger partial charge in [-0.15, -0.1) is 0 Å². The summed E-state index contributed by atoms with van der Waals surface area (Å²) >= 11 is 0. The predicted octanol–water partition coefficient (Wildman–Crippen LogP) is 3.42. The molecular formula is C17H16O2. The highest BCUT2D eigenvalue weighted by Gasteiger charge is 1.97. The van der Waals surface area contributed by atoms with Crippen LogP contribution in [0.15, 0.2) is 84.1 Å². The summed E-state index contributed by atoms with van der Waals surface area (Å²) in [7, 11) is 0. The van der Waals surface area contributed by atoms with E-state index in [0.29, 0.717) is 0 Å². The third-order valence-corrected chi connectivity index (χ3v) is 2.36. The Morgan fingerprint density at radius 3 is 1.58 bits per heavy atom. The maximum atomic E-state index is 10.1. The van der Waals surface area contributed by atoms with E-state index in [1.165, 1.54) is 12.2 Å². The summed E-state index contributed by atoms with van der Waals surface area (Å²) in [5, 5.41) is 0. The van der Waals surface area contributed by atoms with Crippen LogP contribution in [0, 0.1) is 0 Å². The Labute approximate surface area is 113 Å². The molecule has 0 radical (unpaired) electrons. The Kier molecular flexibility index (Phi) is 7.32. The summed E-state index contributed by atoms with van der Waals surface area (Å²) in [5.74, 6) is 0. The van der Waals surface area contributed by atoms with Crippen molar-refractivity contribution in [2.75, 3.05) is 0 Å². The number of aldehydes is 2. The van der Waals surface area contributed by atoms with Crippen molar-refractivity contribution in [3.8, 4) is 0 Å². The summed E-state index contributed by atoms with van der Waals surface area (Å²) in [6, 6.07) is 0. The lowest BCUT2D eigenvalue weighted by Crippen LogP contribution is -1.81. The lowest BCUT2D eigenvalue weighted by Gasteiger charge is -2.00. The molecule has 0 aromatic heterocycles. The highest BCUT2D eigenvalue weighted by atomic mass is 16.1. The van der Waals surface area contributed by atoms with Crippen molar-refractivity contribution < 1.29 is 9.59 Å². The highest BCUT2D eigenvalue weighted by molar-refractivity contribution is 5.65. The van der Waals surface area contributed by atoms with Crippen LogP contribution in [0.25, 0.3) is 0 Å². The first-order chi connectivity index (χ1) is 9.36. The largest absolute Gasteiger partial charge is 0.299 e. The average molecular weight is 252 g/mol. The van der Waals surface area contributed by atoms with Crippen LogP contribution in [0.2, 0.25) is 0 Å². The van der Waals surface area contributed by atoms with Gasteiger partial charge in [-0.05, 0) is 29.7 Å². The lowest BCUT2D eigenvalue weighted by atomic mass is 10.0. The van der Waals surface area contributed by atoms with Gasteiger partial charge >= 0.3 is 0 Å². The molecule has 0 aromatic carbocycles. The molecule has 0 saturated heterocycles. The second-order valence-corrected chi connectivity index (χ2v) is 3.81. The molecule has 0 spiro atoms. The van der Waals surface area contributed by atoms with Gasteiger partial charge in [0.1, 0.15) is 12.6 Å². The van der Waals surface area contributed by atoms with Crippen molar-refractivity contribution in [3.05, 3.63) is 84.1 Å². The van der Waals surface area contributed by atoms with E-state index in [0.717, 1.165) is 30.1 Å². The van der Waals surface area contributed by atoms with Crippen molar-refractivity contribution in [1.82, 2.24) is 0 Å². The fraction of sp³-hybridized carbons (Fsp3) is 0.0588. The molecule has 0 N–H and O–H groups in total. The monoisotopic (exact) mass is 252 g/mol. The van der Waals surface area contributed by atoms with E-state index in [1.807, 2.05) is 48.6 Å². The average Bonchev–Trinajstić information content (AvgIpc) is 2.65. The quantitative estimate of drug-likeness (QED) is 0.412. The Hall–Kier alpha value is -2.48. The van der Waals surface area contributed by atoms with Crippen molar-refractivity contribution in [3.63, 3.8) is 0 Å². The summed E-state index contributed by atoms with van der Waals surface area (Å²) in [6.07, 6.45) is 24.3. The molecule has 0 aromatic rings. The Morgan fingerprint density at radius 2 is 1.16 bits per heavy atom. The number of hydrogen-bond acceptors (Lipinski definition) is 2. The van der Waals surface area contributed by atoms with Gasteiger partial charge < -0.3 is 0 Å². The minimum atomic E-state index is 0.749. The SMILES string of the molecule is O=C/C=C/C=C/C1=CC=CC=C(/C=C/C=C/C=O)C1. The maximum absolute atomic E-state index is 10.1. The summed E-state index contributed by atoms with van der Waals surface area (Å²) in [5.41, 5.74) is 2.30. The van der Waals surface area contributed by atoms with Crippen LogP contribution in [0.1, 0.15) is 6.42 Å². The molecule has 19 heavy (non-hydrogen) atoms. The van der Waals surface area contributed by atoms with Crippen molar-refractivity contribution >= 4 is 12.6 Å². The fourth-order valence-electron chi connectivity index (χ4n) is 1.52. The molecule has 0 atom stereocenters. The summed E-state index contributed by atoms with van der Waals surface area (Å²) < 4.78 is 0. The standard InChI is InChI=1S/C17H16O2/c18-13-7-1-3-9-16-11-5-6-12-17(15-16)10-4-2-8-14-19/h1-14H,15H2/b7-1+,8-2+,9-3+,10-4+. The van der Waals surface area contributed by atoms with Gasteiger partial charge in [0.15, 0.2) is 0 Å². The van der Waals surface area contributed by atoms with Gasteiger partial charge in [-0.25, -0.2) is 0 Å². The normalized spacial score (nSPS) is 16.2. The second-order valence-electron chi connectivity index (χ2n) is 3.81. The molecule has 2 heteroatoms. The smallest absolute Gasteiger partial charge is 0.142 e. The van der Waals surface area contributed by atoms with Crippen molar-refractivity contribution in [2.45, 2.75) is 6.42 Å². The topological polar surface area (TPSA) is 34.1 Å². The van der Waals surface area contributed by atoms with Gasteiger partial charge in [-0.1, -0.05) is 60.8 Å². The maximum Gasteiger partial charge on any atom is 0.142 e. The molecular weight excluding hydrogens is 236 g/mol. The molecule has 0 heterocycles. The predicted molar refractivity (Wildman–Crippen MR) is 78.6 cm³/mol. The zero-order valence-electron chi connectivity index (χ0n) is 10.6. The first-order valence-corrected chi connectivity index (χ1v) is 6.00. The highest BCUT2D eigenvalue weighted by Crippen LogP contribution is 2.17. The molecule has 96 valence electrons. The van der Waals surface area contributed by atoms with Crippen LogP contribution in [-0.2, 0) is 9.59 Å². The fourth-order valence-corrected chi connectivity index (χ4v) is 1.52. The van der Waals surface area contributed by atoms with Crippen molar-refractivity contribution in [1.29, 1.82) is 0 Å². The number of rotatable bonds is 6. The van der Waals surface area contributed by atoms with Crippen LogP contribution in [0.5, 0.6) is 0 Å². The van der Waals surface area contributed by atoms with Gasteiger partial charge in [0.25, 0.3) is 0 Å². The molecule has 0 bridgehead atoms. The molecule has 0 amide bonds. The second kappa shape index (κ2) is 9.54. The van der Waals surface area contributed by atoms with Crippen LogP contribution in [0.4, 0.5) is 0 Å². The van der Waals surface area contributed by atoms with E-state index in [1.54, 1.807) is 12.2 Å². The minimum Gasteiger partial charge on any atom is -0.299 e. The van der Waals surface area contributed by atoms with Gasteiger partial charge in [0.05, 0.1) is 0 Å². The van der Waals surface area contributed by atoms with Gasteiger partial charge in [-0.3, -0.25) is 9.59 Å². The first-order valence-electron chi connectivity index (χ1n) is 6.00. The van der Waals surface area contributed by atoms with E-state index in [2.05, 4.69) is 0 Å². The number of hydrogen-bond donors (Lipinski definition) is 0. The van der Waals surface area contributed by atoms with E-state index < -0.39 is 0 Å². The van der Waals surface area contributed by atoms with E-state index >= 15 is 0 Å². The molecule has 0 unspecified atom stereocenters. The number of allylic oxidation sites excluding steroid dienone is 14. The molecule has 0 saturated carbocycles. The molecule has 1 aliphatic rings. The van der Waals surface area contributed by atoms with E-state index in [-0.39, 0.29) is 0 Å². The summed E-state index contributed by atoms with van der Waals surface area (Å²) in [4.78, 5) is 20.3. The Morgan fingerprint density at radius 1 is 0.684 bits per heavy atom. The zero-order valence-corrected chi connectivity index (χ0v) is 10.6. The first kappa shape index (κ1) is 14.6. The molecule has 2 nitrogen and oxygen atoms in total. The molecule has 1 aliphatic carbocycles. The van der Waals surface area contributed by atoms with Crippen LogP contribution < -0.4 is 0 Å². The number of carbonyl (C=O) groups excluding carboxylic acids is 2. The summed E-state index contributed by atoms with van der Waals surface area (Å²) in [6.45, 7) is 0. The zero-order chi connectivity index (χ0) is 13.8. The van der Waals surface area contributed by atoms with Crippen LogP contribution in [0.3, 0.4) is 0 Å². The molecule has 1 rings (SSSR count). The van der Waals surface area contributed by atoms with Gasteiger partial charge in [-0.2, -0.15) is 0 Å². The Balaban J connectivity index is 2.66. The van der Waals surface area contributed by atoms with E-state index in [9.17, 15) is 9.59 Å². The van der Waals surface area contributed by atoms with E-state index in [4.69, 9.17) is 0 Å². The third kappa shape index (κ3) is 6.74. The molecule has 0 fully saturated rings. The van der Waals surface area contributed by atoms with Gasteiger partial charge in [0.2, 0.25) is 0 Å². The number of carbonyl (C=O) groups is 2. The van der Waals surface area contributed by atoms with Crippen LogP contribution >= 0.6 is 0 Å². The van der Waals surface area contributed by atoms with Crippen LogP contribution in [-0.4, -0.2) is 12.6 Å². The molecule has 0 aliphatic heterocycles. The van der Waals surface area contributed by atoms with Crippen molar-refractivity contribution in [2.24, 2.45) is 0 Å². The Bertz CT molecular complexity index is 463. The lowest BCUT2D eigenvalue weighted by molar-refractivity contribution is -0.104.